The van der Waals surface area contributed by atoms with Gasteiger partial charge in [0, 0.05) is 17.6 Å². The summed E-state index contributed by atoms with van der Waals surface area (Å²) in [5.74, 6) is 0. The van der Waals surface area contributed by atoms with E-state index in [-0.39, 0.29) is 0 Å². The Bertz CT molecular complexity index is 670. The average Bonchev–Trinajstić information content (AvgIpc) is 2.92. The molecule has 1 N–H and O–H groups in total. The van der Waals surface area contributed by atoms with E-state index < -0.39 is 0 Å². The maximum Gasteiger partial charge on any atom is 0.134 e. The predicted molar refractivity (Wildman–Crippen MR) is 79.6 cm³/mol. The van der Waals surface area contributed by atoms with Crippen molar-refractivity contribution in [1.29, 1.82) is 0 Å². The number of furan rings is 1. The predicted octanol–water partition coefficient (Wildman–Crippen LogP) is 4.40. The van der Waals surface area contributed by atoms with Crippen molar-refractivity contribution in [2.45, 2.75) is 13.3 Å². The summed E-state index contributed by atoms with van der Waals surface area (Å²) in [5.41, 5.74) is 4.74. The molecule has 0 saturated carbocycles. The molecular formula is C17H17NO. The fourth-order valence-corrected chi connectivity index (χ4v) is 2.37. The Morgan fingerprint density at radius 1 is 1.00 bits per heavy atom. The van der Waals surface area contributed by atoms with Gasteiger partial charge >= 0.3 is 0 Å². The molecule has 0 atom stereocenters. The lowest BCUT2D eigenvalue weighted by molar-refractivity contribution is 0.616. The van der Waals surface area contributed by atoms with Crippen molar-refractivity contribution in [3.8, 4) is 0 Å². The van der Waals surface area contributed by atoms with Gasteiger partial charge in [-0.05, 0) is 42.7 Å². The molecule has 0 unspecified atom stereocenters. The highest BCUT2D eigenvalue weighted by atomic mass is 16.3. The quantitative estimate of drug-likeness (QED) is 0.743. The Morgan fingerprint density at radius 2 is 1.84 bits per heavy atom. The second kappa shape index (κ2) is 5.19. The summed E-state index contributed by atoms with van der Waals surface area (Å²) in [6.45, 7) is 3.07. The zero-order valence-electron chi connectivity index (χ0n) is 11.0. The Hall–Kier alpha value is -2.22. The molecule has 0 aliphatic rings. The van der Waals surface area contributed by atoms with Gasteiger partial charge in [-0.3, -0.25) is 0 Å². The van der Waals surface area contributed by atoms with Crippen LogP contribution in [0.2, 0.25) is 0 Å². The Labute approximate surface area is 113 Å². The van der Waals surface area contributed by atoms with E-state index in [1.807, 2.05) is 18.2 Å². The van der Waals surface area contributed by atoms with E-state index in [0.717, 1.165) is 18.5 Å². The first-order valence-corrected chi connectivity index (χ1v) is 6.59. The third kappa shape index (κ3) is 2.48. The van der Waals surface area contributed by atoms with Gasteiger partial charge in [0.05, 0.1) is 6.26 Å². The molecular weight excluding hydrogens is 234 g/mol. The van der Waals surface area contributed by atoms with Gasteiger partial charge in [0.1, 0.15) is 5.58 Å². The summed E-state index contributed by atoms with van der Waals surface area (Å²) >= 11 is 0. The van der Waals surface area contributed by atoms with Crippen LogP contribution in [0.3, 0.4) is 0 Å². The number of hydrogen-bond acceptors (Lipinski definition) is 2. The molecule has 2 heteroatoms. The van der Waals surface area contributed by atoms with Gasteiger partial charge in [0.15, 0.2) is 0 Å². The van der Waals surface area contributed by atoms with Crippen molar-refractivity contribution in [2.24, 2.45) is 0 Å². The van der Waals surface area contributed by atoms with E-state index in [9.17, 15) is 0 Å². The van der Waals surface area contributed by atoms with Crippen molar-refractivity contribution in [3.05, 3.63) is 65.9 Å². The molecule has 2 aromatic carbocycles. The molecule has 0 saturated heterocycles. The highest BCUT2D eigenvalue weighted by Crippen LogP contribution is 2.26. The molecule has 3 aromatic rings. The Morgan fingerprint density at radius 3 is 2.68 bits per heavy atom. The number of aryl methyl sites for hydroxylation is 1. The van der Waals surface area contributed by atoms with E-state index >= 15 is 0 Å². The minimum Gasteiger partial charge on any atom is -0.464 e. The van der Waals surface area contributed by atoms with Gasteiger partial charge in [-0.25, -0.2) is 0 Å². The number of fused-ring (bicyclic) bond motifs is 1. The van der Waals surface area contributed by atoms with Crippen molar-refractivity contribution in [1.82, 2.24) is 0 Å². The van der Waals surface area contributed by atoms with E-state index in [0.29, 0.717) is 0 Å². The first-order chi connectivity index (χ1) is 9.34. The van der Waals surface area contributed by atoms with E-state index in [1.54, 1.807) is 6.26 Å². The fraction of sp³-hybridized carbons (Fsp3) is 0.176. The summed E-state index contributed by atoms with van der Waals surface area (Å²) < 4.78 is 5.40. The third-order valence-corrected chi connectivity index (χ3v) is 3.48. The largest absolute Gasteiger partial charge is 0.464 e. The van der Waals surface area contributed by atoms with Crippen LogP contribution in [0, 0.1) is 6.92 Å². The summed E-state index contributed by atoms with van der Waals surface area (Å²) in [4.78, 5) is 0. The molecule has 1 aromatic heterocycles. The highest BCUT2D eigenvalue weighted by molar-refractivity contribution is 5.85. The zero-order chi connectivity index (χ0) is 13.1. The number of nitrogens with one attached hydrogen (secondary N) is 1. The molecule has 2 nitrogen and oxygen atoms in total. The Kier molecular flexibility index (Phi) is 3.23. The van der Waals surface area contributed by atoms with Crippen LogP contribution in [0.4, 0.5) is 5.69 Å². The SMILES string of the molecule is Cc1c(NCCc2ccccc2)ccc2occc12. The molecule has 0 radical (unpaired) electrons. The monoisotopic (exact) mass is 251 g/mol. The fourth-order valence-electron chi connectivity index (χ4n) is 2.37. The van der Waals surface area contributed by atoms with Crippen LogP contribution in [0.15, 0.2) is 59.2 Å². The van der Waals surface area contributed by atoms with E-state index in [4.69, 9.17) is 4.42 Å². The number of rotatable bonds is 4. The molecule has 0 aliphatic heterocycles. The van der Waals surface area contributed by atoms with Crippen molar-refractivity contribution in [3.63, 3.8) is 0 Å². The molecule has 0 fully saturated rings. The maximum atomic E-state index is 5.40. The lowest BCUT2D eigenvalue weighted by atomic mass is 10.1. The second-order valence-electron chi connectivity index (χ2n) is 4.73. The van der Waals surface area contributed by atoms with Crippen LogP contribution >= 0.6 is 0 Å². The lowest BCUT2D eigenvalue weighted by Crippen LogP contribution is -2.05. The number of benzene rings is 2. The van der Waals surface area contributed by atoms with Gasteiger partial charge in [-0.2, -0.15) is 0 Å². The molecule has 96 valence electrons. The maximum absolute atomic E-state index is 5.40. The van der Waals surface area contributed by atoms with Gasteiger partial charge < -0.3 is 9.73 Å². The summed E-state index contributed by atoms with van der Waals surface area (Å²) in [6.07, 6.45) is 2.77. The van der Waals surface area contributed by atoms with Gasteiger partial charge in [0.2, 0.25) is 0 Å². The molecule has 1 heterocycles. The second-order valence-corrected chi connectivity index (χ2v) is 4.73. The Balaban J connectivity index is 1.70. The van der Waals surface area contributed by atoms with Crippen LogP contribution in [0.1, 0.15) is 11.1 Å². The van der Waals surface area contributed by atoms with Crippen LogP contribution in [0.5, 0.6) is 0 Å². The van der Waals surface area contributed by atoms with Crippen molar-refractivity contribution >= 4 is 16.7 Å². The zero-order valence-corrected chi connectivity index (χ0v) is 11.0. The summed E-state index contributed by atoms with van der Waals surface area (Å²) in [6, 6.07) is 16.7. The topological polar surface area (TPSA) is 25.2 Å². The van der Waals surface area contributed by atoms with Crippen LogP contribution in [0.25, 0.3) is 11.0 Å². The minimum absolute atomic E-state index is 0.939. The molecule has 3 rings (SSSR count). The van der Waals surface area contributed by atoms with Crippen LogP contribution in [-0.4, -0.2) is 6.54 Å². The number of hydrogen-bond donors (Lipinski definition) is 1. The van der Waals surface area contributed by atoms with Crippen LogP contribution < -0.4 is 5.32 Å². The molecule has 0 amide bonds. The van der Waals surface area contributed by atoms with E-state index in [2.05, 4.69) is 42.6 Å². The lowest BCUT2D eigenvalue weighted by Gasteiger charge is -2.10. The molecule has 0 aliphatic carbocycles. The van der Waals surface area contributed by atoms with Crippen molar-refractivity contribution in [2.75, 3.05) is 11.9 Å². The van der Waals surface area contributed by atoms with Crippen molar-refractivity contribution < 1.29 is 4.42 Å². The highest BCUT2D eigenvalue weighted by Gasteiger charge is 2.04. The van der Waals surface area contributed by atoms with Gasteiger partial charge in [-0.1, -0.05) is 30.3 Å². The minimum atomic E-state index is 0.939. The number of anilines is 1. The summed E-state index contributed by atoms with van der Waals surface area (Å²) in [7, 11) is 0. The van der Waals surface area contributed by atoms with Crippen LogP contribution in [-0.2, 0) is 6.42 Å². The van der Waals surface area contributed by atoms with Gasteiger partial charge in [-0.15, -0.1) is 0 Å². The third-order valence-electron chi connectivity index (χ3n) is 3.48. The standard InChI is InChI=1S/C17H17NO/c1-13-15-10-12-19-17(15)8-7-16(13)18-11-9-14-5-3-2-4-6-14/h2-8,10,12,18H,9,11H2,1H3. The van der Waals surface area contributed by atoms with E-state index in [1.165, 1.54) is 22.2 Å². The molecule has 19 heavy (non-hydrogen) atoms. The smallest absolute Gasteiger partial charge is 0.134 e. The summed E-state index contributed by atoms with van der Waals surface area (Å²) in [5, 5.41) is 4.69. The first kappa shape index (κ1) is 11.8. The average molecular weight is 251 g/mol. The van der Waals surface area contributed by atoms with Gasteiger partial charge in [0.25, 0.3) is 0 Å². The molecule has 0 spiro atoms. The normalized spacial score (nSPS) is 10.8. The molecule has 0 bridgehead atoms. The first-order valence-electron chi connectivity index (χ1n) is 6.59.